The molecule has 0 atom stereocenters. The highest BCUT2D eigenvalue weighted by molar-refractivity contribution is 7.88. The molecular weight excluding hydrogens is 416 g/mol. The molecule has 9 heteroatoms. The Morgan fingerprint density at radius 3 is 2.61 bits per heavy atom. The number of carbonyl (C=O) groups is 2. The summed E-state index contributed by atoms with van der Waals surface area (Å²) in [6.45, 7) is 1.32. The van der Waals surface area contributed by atoms with Crippen molar-refractivity contribution in [3.8, 4) is 11.3 Å². The monoisotopic (exact) mass is 438 g/mol. The molecule has 0 unspecified atom stereocenters. The first-order valence-corrected chi connectivity index (χ1v) is 11.6. The molecule has 31 heavy (non-hydrogen) atoms. The number of sulfonamides is 1. The zero-order valence-electron chi connectivity index (χ0n) is 17.2. The zero-order valence-corrected chi connectivity index (χ0v) is 18.0. The minimum Gasteiger partial charge on any atom is -0.356 e. The van der Waals surface area contributed by atoms with Gasteiger partial charge in [0.2, 0.25) is 15.9 Å². The highest BCUT2D eigenvalue weighted by atomic mass is 32.2. The minimum atomic E-state index is -3.51. The predicted octanol–water partition coefficient (Wildman–Crippen LogP) is 2.58. The van der Waals surface area contributed by atoms with Crippen LogP contribution in [0.5, 0.6) is 0 Å². The van der Waals surface area contributed by atoms with Gasteiger partial charge in [0, 0.05) is 36.4 Å². The van der Waals surface area contributed by atoms with E-state index in [4.69, 9.17) is 0 Å². The average Bonchev–Trinajstić information content (AvgIpc) is 3.07. The van der Waals surface area contributed by atoms with Crippen LogP contribution in [0.1, 0.15) is 34.1 Å². The van der Waals surface area contributed by atoms with Crippen LogP contribution < -0.4 is 5.32 Å². The topological polar surface area (TPSA) is 112 Å². The van der Waals surface area contributed by atoms with Crippen LogP contribution in [0.2, 0.25) is 0 Å². The summed E-state index contributed by atoms with van der Waals surface area (Å²) >= 11 is 0. The summed E-state index contributed by atoms with van der Waals surface area (Å²) in [5, 5.41) is 2.66. The summed E-state index contributed by atoms with van der Waals surface area (Å²) in [5.74, 6) is -0.0810. The van der Waals surface area contributed by atoms with Crippen LogP contribution in [0, 0.1) is 0 Å². The summed E-state index contributed by atoms with van der Waals surface area (Å²) < 4.78 is 25.3. The van der Waals surface area contributed by atoms with Gasteiger partial charge in [0.05, 0.1) is 25.0 Å². The molecule has 8 nitrogen and oxygen atoms in total. The van der Waals surface area contributed by atoms with Crippen LogP contribution in [0.25, 0.3) is 11.3 Å². The Morgan fingerprint density at radius 2 is 1.94 bits per heavy atom. The summed E-state index contributed by atoms with van der Waals surface area (Å²) in [6, 6.07) is 13.3. The number of fused-ring (bicyclic) bond motifs is 1. The molecule has 3 aromatic rings. The SMILES string of the molecule is CC(=O)Nc1cc(-c2[nH]c3c(c2Cc2ccccc2)C(=O)CN(S(C)(=O)=O)C3)ccn1. The fourth-order valence-electron chi connectivity index (χ4n) is 3.82. The number of rotatable bonds is 5. The van der Waals surface area contributed by atoms with Crippen molar-refractivity contribution in [2.24, 2.45) is 0 Å². The maximum Gasteiger partial charge on any atom is 0.222 e. The van der Waals surface area contributed by atoms with Gasteiger partial charge in [0.1, 0.15) is 5.82 Å². The maximum absolute atomic E-state index is 13.0. The van der Waals surface area contributed by atoms with E-state index in [1.54, 1.807) is 18.3 Å². The second-order valence-electron chi connectivity index (χ2n) is 7.56. The number of aromatic nitrogens is 2. The van der Waals surface area contributed by atoms with E-state index in [1.165, 1.54) is 11.2 Å². The van der Waals surface area contributed by atoms with Crippen LogP contribution >= 0.6 is 0 Å². The highest BCUT2D eigenvalue weighted by Gasteiger charge is 2.33. The Kier molecular flexibility index (Phi) is 5.47. The number of H-pyrrole nitrogens is 1. The summed E-state index contributed by atoms with van der Waals surface area (Å²) in [7, 11) is -3.51. The lowest BCUT2D eigenvalue weighted by molar-refractivity contribution is -0.114. The molecule has 0 radical (unpaired) electrons. The van der Waals surface area contributed by atoms with Gasteiger partial charge >= 0.3 is 0 Å². The fourth-order valence-corrected chi connectivity index (χ4v) is 4.53. The number of ketones is 1. The first-order valence-electron chi connectivity index (χ1n) is 9.72. The third-order valence-electron chi connectivity index (χ3n) is 5.16. The smallest absolute Gasteiger partial charge is 0.222 e. The van der Waals surface area contributed by atoms with Crippen molar-refractivity contribution < 1.29 is 18.0 Å². The lowest BCUT2D eigenvalue weighted by Crippen LogP contribution is -2.38. The van der Waals surface area contributed by atoms with Gasteiger partial charge in [-0.3, -0.25) is 9.59 Å². The van der Waals surface area contributed by atoms with E-state index in [9.17, 15) is 18.0 Å². The highest BCUT2D eigenvalue weighted by Crippen LogP contribution is 2.34. The average molecular weight is 439 g/mol. The molecule has 0 bridgehead atoms. The van der Waals surface area contributed by atoms with Gasteiger partial charge in [-0.25, -0.2) is 13.4 Å². The van der Waals surface area contributed by atoms with Crippen molar-refractivity contribution in [3.63, 3.8) is 0 Å². The van der Waals surface area contributed by atoms with Crippen LogP contribution in [0.4, 0.5) is 5.82 Å². The number of anilines is 1. The fraction of sp³-hybridized carbons (Fsp3) is 0.227. The van der Waals surface area contributed by atoms with Crippen LogP contribution in [0.3, 0.4) is 0 Å². The van der Waals surface area contributed by atoms with Gasteiger partial charge < -0.3 is 10.3 Å². The number of nitrogens with zero attached hydrogens (tertiary/aromatic N) is 2. The number of carbonyl (C=O) groups excluding carboxylic acids is 2. The van der Waals surface area contributed by atoms with Crippen molar-refractivity contribution in [1.29, 1.82) is 0 Å². The van der Waals surface area contributed by atoms with E-state index >= 15 is 0 Å². The molecule has 1 amide bonds. The zero-order chi connectivity index (χ0) is 22.2. The lowest BCUT2D eigenvalue weighted by atomic mass is 9.94. The Hall–Kier alpha value is -3.30. The normalized spacial score (nSPS) is 14.3. The van der Waals surface area contributed by atoms with E-state index < -0.39 is 10.0 Å². The Bertz CT molecular complexity index is 1270. The first-order chi connectivity index (χ1) is 14.7. The van der Waals surface area contributed by atoms with Crippen molar-refractivity contribution in [1.82, 2.24) is 14.3 Å². The largest absolute Gasteiger partial charge is 0.356 e. The van der Waals surface area contributed by atoms with Crippen molar-refractivity contribution in [2.45, 2.75) is 19.9 Å². The molecule has 0 saturated heterocycles. The van der Waals surface area contributed by atoms with Crippen molar-refractivity contribution >= 4 is 27.5 Å². The third-order valence-corrected chi connectivity index (χ3v) is 6.36. The van der Waals surface area contributed by atoms with Gasteiger partial charge in [-0.1, -0.05) is 30.3 Å². The number of Topliss-reactive ketones (excluding diaryl/α,β-unsaturated/α-hetero) is 1. The summed E-state index contributed by atoms with van der Waals surface area (Å²) in [6.07, 6.45) is 3.18. The van der Waals surface area contributed by atoms with Crippen LogP contribution in [-0.4, -0.2) is 47.2 Å². The number of amides is 1. The van der Waals surface area contributed by atoms with Gasteiger partial charge in [0.25, 0.3) is 0 Å². The van der Waals surface area contributed by atoms with E-state index in [2.05, 4.69) is 15.3 Å². The molecule has 0 aliphatic carbocycles. The standard InChI is InChI=1S/C22H22N4O4S/c1-14(27)24-20-11-16(8-9-23-20)22-17(10-15-6-4-3-5-7-15)21-18(25-22)12-26(13-19(21)28)31(2,29)30/h3-9,11,25H,10,12-13H2,1-2H3,(H,23,24,27). The van der Waals surface area contributed by atoms with E-state index in [-0.39, 0.29) is 24.8 Å². The molecule has 1 aliphatic heterocycles. The molecule has 4 rings (SSSR count). The third kappa shape index (κ3) is 4.42. The number of aromatic amines is 1. The minimum absolute atomic E-state index is 0.103. The molecule has 0 fully saturated rings. The second-order valence-corrected chi connectivity index (χ2v) is 9.54. The molecule has 0 saturated carbocycles. The molecule has 0 spiro atoms. The second kappa shape index (κ2) is 8.09. The molecule has 2 aromatic heterocycles. The van der Waals surface area contributed by atoms with Crippen molar-refractivity contribution in [3.05, 3.63) is 71.0 Å². The van der Waals surface area contributed by atoms with Gasteiger partial charge in [-0.2, -0.15) is 4.31 Å². The number of hydrogen-bond acceptors (Lipinski definition) is 5. The maximum atomic E-state index is 13.0. The van der Waals surface area contributed by atoms with Gasteiger partial charge in [0.15, 0.2) is 5.78 Å². The number of hydrogen-bond donors (Lipinski definition) is 2. The number of pyridine rings is 1. The summed E-state index contributed by atoms with van der Waals surface area (Å²) in [5.41, 5.74) is 4.40. The Morgan fingerprint density at radius 1 is 1.19 bits per heavy atom. The van der Waals surface area contributed by atoms with E-state index in [1.807, 2.05) is 30.3 Å². The van der Waals surface area contributed by atoms with E-state index in [0.29, 0.717) is 29.2 Å². The molecule has 1 aliphatic rings. The Labute approximate surface area is 180 Å². The molecular formula is C22H22N4O4S. The first kappa shape index (κ1) is 21.0. The summed E-state index contributed by atoms with van der Waals surface area (Å²) in [4.78, 5) is 31.9. The quantitative estimate of drug-likeness (QED) is 0.636. The van der Waals surface area contributed by atoms with Gasteiger partial charge in [-0.15, -0.1) is 0 Å². The lowest BCUT2D eigenvalue weighted by Gasteiger charge is -2.24. The predicted molar refractivity (Wildman–Crippen MR) is 117 cm³/mol. The van der Waals surface area contributed by atoms with Crippen LogP contribution in [0.15, 0.2) is 48.7 Å². The van der Waals surface area contributed by atoms with E-state index in [0.717, 1.165) is 22.9 Å². The van der Waals surface area contributed by atoms with Crippen molar-refractivity contribution in [2.75, 3.05) is 18.1 Å². The number of nitrogens with one attached hydrogen (secondary N) is 2. The molecule has 160 valence electrons. The van der Waals surface area contributed by atoms with Gasteiger partial charge in [-0.05, 0) is 23.3 Å². The number of benzene rings is 1. The molecule has 3 heterocycles. The molecule has 2 N–H and O–H groups in total. The molecule has 1 aromatic carbocycles. The Balaban J connectivity index is 1.85. The van der Waals surface area contributed by atoms with Crippen LogP contribution in [-0.2, 0) is 27.8 Å².